The van der Waals surface area contributed by atoms with Crippen LogP contribution in [0.15, 0.2) is 60.7 Å². The third-order valence-electron chi connectivity index (χ3n) is 5.58. The van der Waals surface area contributed by atoms with E-state index >= 15 is 0 Å². The average molecular weight is 410 g/mol. The molecule has 1 heterocycles. The van der Waals surface area contributed by atoms with Crippen molar-refractivity contribution in [2.45, 2.75) is 13.0 Å². The summed E-state index contributed by atoms with van der Waals surface area (Å²) in [6, 6.07) is 20.8. The minimum atomic E-state index is -0.0795. The van der Waals surface area contributed by atoms with Crippen LogP contribution < -0.4 is 15.5 Å². The molecule has 3 rings (SSSR count). The van der Waals surface area contributed by atoms with Crippen molar-refractivity contribution in [3.63, 3.8) is 0 Å². The molecule has 2 aromatic carbocycles. The molecule has 2 amide bonds. The topological polar surface area (TPSA) is 50.9 Å². The van der Waals surface area contributed by atoms with Gasteiger partial charge in [0, 0.05) is 65.1 Å². The van der Waals surface area contributed by atoms with E-state index in [1.807, 2.05) is 25.2 Å². The van der Waals surface area contributed by atoms with E-state index in [0.29, 0.717) is 13.1 Å². The Hall–Kier alpha value is -2.57. The highest BCUT2D eigenvalue weighted by atomic mass is 16.2. The molecule has 6 heteroatoms. The summed E-state index contributed by atoms with van der Waals surface area (Å²) >= 11 is 0. The molecule has 30 heavy (non-hydrogen) atoms. The number of amides is 2. The third-order valence-corrected chi connectivity index (χ3v) is 5.58. The standard InChI is InChI=1S/C24H35N5O/c1-27(23-11-6-3-7-12-23)16-14-26-24(30)25-13-8-15-28-17-19-29(20-18-28)21-22-9-4-2-5-10-22/h2-7,9-12H,8,13-21H2,1H3,(H2,25,26,30). The van der Waals surface area contributed by atoms with Gasteiger partial charge in [-0.25, -0.2) is 4.79 Å². The van der Waals surface area contributed by atoms with E-state index < -0.39 is 0 Å². The highest BCUT2D eigenvalue weighted by Crippen LogP contribution is 2.10. The van der Waals surface area contributed by atoms with Crippen LogP contribution in [0.1, 0.15) is 12.0 Å². The lowest BCUT2D eigenvalue weighted by atomic mass is 10.2. The van der Waals surface area contributed by atoms with Crippen LogP contribution in [0.5, 0.6) is 0 Å². The van der Waals surface area contributed by atoms with Crippen LogP contribution in [0.4, 0.5) is 10.5 Å². The summed E-state index contributed by atoms with van der Waals surface area (Å²) in [5.74, 6) is 0. The van der Waals surface area contributed by atoms with Gasteiger partial charge in [-0.1, -0.05) is 48.5 Å². The molecule has 0 spiro atoms. The summed E-state index contributed by atoms with van der Waals surface area (Å²) in [6.45, 7) is 8.62. The second-order valence-electron chi connectivity index (χ2n) is 7.90. The molecular weight excluding hydrogens is 374 g/mol. The zero-order valence-corrected chi connectivity index (χ0v) is 18.1. The molecular formula is C24H35N5O. The van der Waals surface area contributed by atoms with Crippen LogP contribution in [-0.4, -0.2) is 75.2 Å². The van der Waals surface area contributed by atoms with Gasteiger partial charge in [0.05, 0.1) is 0 Å². The first-order chi connectivity index (χ1) is 14.7. The third kappa shape index (κ3) is 7.69. The Morgan fingerprint density at radius 3 is 2.17 bits per heavy atom. The Morgan fingerprint density at radius 1 is 0.867 bits per heavy atom. The normalized spacial score (nSPS) is 15.0. The van der Waals surface area contributed by atoms with Crippen LogP contribution in [0, 0.1) is 0 Å². The van der Waals surface area contributed by atoms with Crippen molar-refractivity contribution in [1.82, 2.24) is 20.4 Å². The van der Waals surface area contributed by atoms with Gasteiger partial charge in [0.25, 0.3) is 0 Å². The number of carbonyl (C=O) groups excluding carboxylic acids is 1. The number of nitrogens with zero attached hydrogens (tertiary/aromatic N) is 3. The van der Waals surface area contributed by atoms with E-state index in [1.54, 1.807) is 0 Å². The van der Waals surface area contributed by atoms with Gasteiger partial charge in [-0.05, 0) is 30.7 Å². The lowest BCUT2D eigenvalue weighted by Gasteiger charge is -2.34. The molecule has 1 aliphatic rings. The number of rotatable bonds is 10. The zero-order chi connectivity index (χ0) is 21.0. The minimum Gasteiger partial charge on any atom is -0.373 e. The quantitative estimate of drug-likeness (QED) is 0.593. The molecule has 2 N–H and O–H groups in total. The van der Waals surface area contributed by atoms with Crippen molar-refractivity contribution in [2.75, 3.05) is 64.3 Å². The largest absolute Gasteiger partial charge is 0.373 e. The maximum atomic E-state index is 12.0. The zero-order valence-electron chi connectivity index (χ0n) is 18.1. The summed E-state index contributed by atoms with van der Waals surface area (Å²) in [5.41, 5.74) is 2.54. The predicted octanol–water partition coefficient (Wildman–Crippen LogP) is 2.63. The first-order valence-corrected chi connectivity index (χ1v) is 11.0. The Morgan fingerprint density at radius 2 is 1.47 bits per heavy atom. The summed E-state index contributed by atoms with van der Waals surface area (Å²) in [7, 11) is 2.04. The molecule has 1 saturated heterocycles. The molecule has 2 aromatic rings. The minimum absolute atomic E-state index is 0.0795. The van der Waals surface area contributed by atoms with Crippen LogP contribution in [-0.2, 0) is 6.54 Å². The van der Waals surface area contributed by atoms with Gasteiger partial charge in [0.2, 0.25) is 0 Å². The molecule has 0 radical (unpaired) electrons. The molecule has 0 bridgehead atoms. The Kier molecular flexibility index (Phi) is 9.00. The van der Waals surface area contributed by atoms with E-state index in [2.05, 4.69) is 67.8 Å². The number of benzene rings is 2. The molecule has 1 fully saturated rings. The fourth-order valence-corrected chi connectivity index (χ4v) is 3.73. The van der Waals surface area contributed by atoms with E-state index in [-0.39, 0.29) is 6.03 Å². The van der Waals surface area contributed by atoms with Gasteiger partial charge in [-0.2, -0.15) is 0 Å². The van der Waals surface area contributed by atoms with Crippen LogP contribution in [0.25, 0.3) is 0 Å². The second kappa shape index (κ2) is 12.2. The number of piperazine rings is 1. The van der Waals surface area contributed by atoms with E-state index in [9.17, 15) is 4.79 Å². The summed E-state index contributed by atoms with van der Waals surface area (Å²) in [5, 5.41) is 5.91. The SMILES string of the molecule is CN(CCNC(=O)NCCCN1CCN(Cc2ccccc2)CC1)c1ccccc1. The number of nitrogens with one attached hydrogen (secondary N) is 2. The Labute approximate surface area is 180 Å². The number of likely N-dealkylation sites (N-methyl/N-ethyl adjacent to an activating group) is 1. The van der Waals surface area contributed by atoms with Crippen LogP contribution in [0.2, 0.25) is 0 Å². The summed E-state index contributed by atoms with van der Waals surface area (Å²) in [4.78, 5) is 19.1. The van der Waals surface area contributed by atoms with Crippen molar-refractivity contribution in [2.24, 2.45) is 0 Å². The Balaban J connectivity index is 1.20. The first kappa shape index (κ1) is 22.1. The molecule has 0 saturated carbocycles. The maximum absolute atomic E-state index is 12.0. The van der Waals surface area contributed by atoms with Gasteiger partial charge in [-0.15, -0.1) is 0 Å². The highest BCUT2D eigenvalue weighted by molar-refractivity contribution is 5.73. The van der Waals surface area contributed by atoms with E-state index in [4.69, 9.17) is 0 Å². The van der Waals surface area contributed by atoms with Crippen molar-refractivity contribution >= 4 is 11.7 Å². The lowest BCUT2D eigenvalue weighted by molar-refractivity contribution is 0.126. The van der Waals surface area contributed by atoms with Crippen molar-refractivity contribution in [3.05, 3.63) is 66.2 Å². The molecule has 0 atom stereocenters. The van der Waals surface area contributed by atoms with Gasteiger partial charge in [0.15, 0.2) is 0 Å². The van der Waals surface area contributed by atoms with E-state index in [1.165, 1.54) is 5.56 Å². The molecule has 0 aromatic heterocycles. The van der Waals surface area contributed by atoms with Crippen LogP contribution in [0.3, 0.4) is 0 Å². The van der Waals surface area contributed by atoms with Gasteiger partial charge in [0.1, 0.15) is 0 Å². The first-order valence-electron chi connectivity index (χ1n) is 11.0. The highest BCUT2D eigenvalue weighted by Gasteiger charge is 2.16. The van der Waals surface area contributed by atoms with Crippen molar-refractivity contribution in [3.8, 4) is 0 Å². The monoisotopic (exact) mass is 409 g/mol. The van der Waals surface area contributed by atoms with Crippen molar-refractivity contribution in [1.29, 1.82) is 0 Å². The fourth-order valence-electron chi connectivity index (χ4n) is 3.73. The smallest absolute Gasteiger partial charge is 0.314 e. The maximum Gasteiger partial charge on any atom is 0.314 e. The molecule has 0 unspecified atom stereocenters. The van der Waals surface area contributed by atoms with Gasteiger partial charge >= 0.3 is 6.03 Å². The Bertz CT molecular complexity index is 732. The van der Waals surface area contributed by atoms with E-state index in [0.717, 1.165) is 57.9 Å². The van der Waals surface area contributed by atoms with Crippen LogP contribution >= 0.6 is 0 Å². The average Bonchev–Trinajstić information content (AvgIpc) is 2.79. The van der Waals surface area contributed by atoms with Crippen molar-refractivity contribution < 1.29 is 4.79 Å². The lowest BCUT2D eigenvalue weighted by Crippen LogP contribution is -2.46. The molecule has 6 nitrogen and oxygen atoms in total. The number of para-hydroxylation sites is 1. The summed E-state index contributed by atoms with van der Waals surface area (Å²) < 4.78 is 0. The fraction of sp³-hybridized carbons (Fsp3) is 0.458. The predicted molar refractivity (Wildman–Crippen MR) is 124 cm³/mol. The number of anilines is 1. The number of carbonyl (C=O) groups is 1. The molecule has 162 valence electrons. The number of hydrogen-bond donors (Lipinski definition) is 2. The molecule has 0 aliphatic carbocycles. The summed E-state index contributed by atoms with van der Waals surface area (Å²) in [6.07, 6.45) is 0.982. The second-order valence-corrected chi connectivity index (χ2v) is 7.90. The number of hydrogen-bond acceptors (Lipinski definition) is 4. The number of urea groups is 1. The van der Waals surface area contributed by atoms with Gasteiger partial charge < -0.3 is 20.4 Å². The van der Waals surface area contributed by atoms with Gasteiger partial charge in [-0.3, -0.25) is 4.90 Å². The molecule has 1 aliphatic heterocycles.